The number of fused-ring (bicyclic) bond motifs is 5. The van der Waals surface area contributed by atoms with Crippen LogP contribution in [0.25, 0.3) is 0 Å². The lowest BCUT2D eigenvalue weighted by Crippen LogP contribution is -2.46. The first-order valence-electron chi connectivity index (χ1n) is 9.96. The van der Waals surface area contributed by atoms with Gasteiger partial charge in [-0.2, -0.15) is 0 Å². The minimum Gasteiger partial charge on any atom is -0.508 e. The third-order valence-electron chi connectivity index (χ3n) is 7.23. The van der Waals surface area contributed by atoms with Crippen LogP contribution in [0, 0.1) is 17.3 Å². The number of phenols is 1. The molecule has 2 saturated carbocycles. The first-order chi connectivity index (χ1) is 12.8. The molecule has 5 heteroatoms. The van der Waals surface area contributed by atoms with Crippen molar-refractivity contribution in [2.45, 2.75) is 71.0 Å². The van der Waals surface area contributed by atoms with Gasteiger partial charge >= 0.3 is 11.9 Å². The Balaban J connectivity index is 1.66. The first kappa shape index (κ1) is 18.3. The van der Waals surface area contributed by atoms with Gasteiger partial charge in [0, 0.05) is 19.3 Å². The summed E-state index contributed by atoms with van der Waals surface area (Å²) in [5.41, 5.74) is 2.44. The molecule has 2 fully saturated rings. The summed E-state index contributed by atoms with van der Waals surface area (Å²) in [5.74, 6) is 0.998. The molecule has 5 nitrogen and oxygen atoms in total. The van der Waals surface area contributed by atoms with Gasteiger partial charge in [-0.3, -0.25) is 9.59 Å². The van der Waals surface area contributed by atoms with Crippen molar-refractivity contribution >= 4 is 11.9 Å². The van der Waals surface area contributed by atoms with Gasteiger partial charge < -0.3 is 14.6 Å². The van der Waals surface area contributed by atoms with Crippen LogP contribution in [0.4, 0.5) is 0 Å². The summed E-state index contributed by atoms with van der Waals surface area (Å²) < 4.78 is 11.3. The second-order valence-electron chi connectivity index (χ2n) is 8.76. The van der Waals surface area contributed by atoms with Gasteiger partial charge in [0.2, 0.25) is 0 Å². The van der Waals surface area contributed by atoms with Crippen LogP contribution in [0.5, 0.6) is 5.75 Å². The fourth-order valence-corrected chi connectivity index (χ4v) is 6.22. The maximum Gasteiger partial charge on any atom is 0.303 e. The molecule has 3 aliphatic rings. The molecule has 5 unspecified atom stereocenters. The van der Waals surface area contributed by atoms with Crippen LogP contribution >= 0.6 is 0 Å². The van der Waals surface area contributed by atoms with E-state index in [1.54, 1.807) is 6.07 Å². The number of esters is 2. The summed E-state index contributed by atoms with van der Waals surface area (Å²) >= 11 is 0. The molecule has 0 bridgehead atoms. The number of hydrogen-bond donors (Lipinski definition) is 1. The van der Waals surface area contributed by atoms with Crippen LogP contribution in [0.1, 0.15) is 63.5 Å². The lowest BCUT2D eigenvalue weighted by Gasteiger charge is -2.50. The predicted molar refractivity (Wildman–Crippen MR) is 99.2 cm³/mol. The zero-order chi connectivity index (χ0) is 19.3. The molecule has 0 spiro atoms. The smallest absolute Gasteiger partial charge is 0.303 e. The van der Waals surface area contributed by atoms with Crippen molar-refractivity contribution < 1.29 is 24.2 Å². The summed E-state index contributed by atoms with van der Waals surface area (Å²) in [6.45, 7) is 5.05. The van der Waals surface area contributed by atoms with Crippen molar-refractivity contribution in [3.63, 3.8) is 0 Å². The lowest BCUT2D eigenvalue weighted by molar-refractivity contribution is -0.171. The molecule has 1 N–H and O–H groups in total. The van der Waals surface area contributed by atoms with Gasteiger partial charge in [-0.25, -0.2) is 0 Å². The van der Waals surface area contributed by atoms with Crippen molar-refractivity contribution in [3.8, 4) is 5.75 Å². The summed E-state index contributed by atoms with van der Waals surface area (Å²) in [6.07, 6.45) is 4.00. The van der Waals surface area contributed by atoms with E-state index in [9.17, 15) is 14.7 Å². The molecule has 0 aliphatic heterocycles. The maximum atomic E-state index is 11.7. The van der Waals surface area contributed by atoms with Gasteiger partial charge in [0.25, 0.3) is 0 Å². The van der Waals surface area contributed by atoms with E-state index in [-0.39, 0.29) is 29.6 Å². The highest BCUT2D eigenvalue weighted by Gasteiger charge is 2.61. The van der Waals surface area contributed by atoms with E-state index in [4.69, 9.17) is 9.47 Å². The second-order valence-corrected chi connectivity index (χ2v) is 8.76. The second kappa shape index (κ2) is 6.54. The Kier molecular flexibility index (Phi) is 4.44. The van der Waals surface area contributed by atoms with Gasteiger partial charge in [-0.1, -0.05) is 13.0 Å². The van der Waals surface area contributed by atoms with Gasteiger partial charge in [0.05, 0.1) is 0 Å². The number of rotatable bonds is 2. The number of ether oxygens (including phenoxy) is 2. The number of phenolic OH excluding ortho intramolecular Hbond substituents is 1. The summed E-state index contributed by atoms with van der Waals surface area (Å²) in [7, 11) is 0. The Labute approximate surface area is 160 Å². The van der Waals surface area contributed by atoms with E-state index in [1.165, 1.54) is 25.0 Å². The number of aromatic hydroxyl groups is 1. The SMILES string of the molecule is CC(=O)OC1CC2C3CCc4cc(O)ccc4C3CC[C@]2(C)C1OC(C)=O. The number of hydrogen-bond acceptors (Lipinski definition) is 5. The fourth-order valence-electron chi connectivity index (χ4n) is 6.22. The third-order valence-corrected chi connectivity index (χ3v) is 7.23. The first-order valence-corrected chi connectivity index (χ1v) is 9.96. The zero-order valence-corrected chi connectivity index (χ0v) is 16.2. The molecular weight excluding hydrogens is 344 g/mol. The van der Waals surface area contributed by atoms with Crippen LogP contribution in [0.3, 0.4) is 0 Å². The molecule has 3 aliphatic carbocycles. The van der Waals surface area contributed by atoms with Crippen molar-refractivity contribution in [1.82, 2.24) is 0 Å². The largest absolute Gasteiger partial charge is 0.508 e. The molecule has 0 saturated heterocycles. The maximum absolute atomic E-state index is 11.7. The average molecular weight is 372 g/mol. The van der Waals surface area contributed by atoms with Gasteiger partial charge in [-0.05, 0) is 73.1 Å². The monoisotopic (exact) mass is 372 g/mol. The third kappa shape index (κ3) is 3.01. The minimum absolute atomic E-state index is 0.165. The number of carbonyl (C=O) groups is 2. The minimum atomic E-state index is -0.369. The number of benzene rings is 1. The standard InChI is InChI=1S/C22H28O5/c1-12(23)26-20-11-19-18-6-4-14-10-15(25)5-7-16(14)17(18)8-9-22(19,3)21(20)27-13(2)24/h5,7,10,17-21,25H,4,6,8-9,11H2,1-3H3/t17?,18?,19?,20?,21?,22-/m0/s1. The topological polar surface area (TPSA) is 72.8 Å². The Morgan fingerprint density at radius 3 is 2.59 bits per heavy atom. The van der Waals surface area contributed by atoms with Gasteiger partial charge in [-0.15, -0.1) is 0 Å². The van der Waals surface area contributed by atoms with Crippen LogP contribution in [-0.2, 0) is 25.5 Å². The molecule has 1 aromatic carbocycles. The van der Waals surface area contributed by atoms with E-state index >= 15 is 0 Å². The molecule has 0 heterocycles. The Bertz CT molecular complexity index is 772. The zero-order valence-electron chi connectivity index (χ0n) is 16.2. The molecule has 146 valence electrons. The van der Waals surface area contributed by atoms with Crippen LogP contribution in [0.15, 0.2) is 18.2 Å². The van der Waals surface area contributed by atoms with Crippen molar-refractivity contribution in [3.05, 3.63) is 29.3 Å². The highest BCUT2D eigenvalue weighted by molar-refractivity contribution is 5.67. The Morgan fingerprint density at radius 2 is 1.89 bits per heavy atom. The van der Waals surface area contributed by atoms with E-state index in [2.05, 4.69) is 13.0 Å². The molecule has 4 rings (SSSR count). The molecule has 0 radical (unpaired) electrons. The average Bonchev–Trinajstić information content (AvgIpc) is 2.85. The normalized spacial score (nSPS) is 36.9. The summed E-state index contributed by atoms with van der Waals surface area (Å²) in [4.78, 5) is 23.4. The summed E-state index contributed by atoms with van der Waals surface area (Å²) in [5, 5.41) is 9.82. The fraction of sp³-hybridized carbons (Fsp3) is 0.636. The van der Waals surface area contributed by atoms with Gasteiger partial charge in [0.15, 0.2) is 0 Å². The van der Waals surface area contributed by atoms with E-state index in [0.29, 0.717) is 23.5 Å². The molecule has 0 aromatic heterocycles. The van der Waals surface area contributed by atoms with Crippen LogP contribution in [0.2, 0.25) is 0 Å². The Morgan fingerprint density at radius 1 is 1.15 bits per heavy atom. The number of aryl methyl sites for hydroxylation is 1. The van der Waals surface area contributed by atoms with Crippen molar-refractivity contribution in [1.29, 1.82) is 0 Å². The molecule has 6 atom stereocenters. The van der Waals surface area contributed by atoms with Crippen LogP contribution < -0.4 is 0 Å². The highest BCUT2D eigenvalue weighted by atomic mass is 16.6. The molecule has 0 amide bonds. The highest BCUT2D eigenvalue weighted by Crippen LogP contribution is 2.62. The Hall–Kier alpha value is -2.04. The molecule has 27 heavy (non-hydrogen) atoms. The summed E-state index contributed by atoms with van der Waals surface area (Å²) in [6, 6.07) is 5.76. The van der Waals surface area contributed by atoms with E-state index < -0.39 is 0 Å². The molecular formula is C22H28O5. The van der Waals surface area contributed by atoms with Gasteiger partial charge in [0.1, 0.15) is 18.0 Å². The van der Waals surface area contributed by atoms with E-state index in [0.717, 1.165) is 32.1 Å². The van der Waals surface area contributed by atoms with Crippen LogP contribution in [-0.4, -0.2) is 29.3 Å². The van der Waals surface area contributed by atoms with E-state index in [1.807, 2.05) is 6.07 Å². The predicted octanol–water partition coefficient (Wildman–Crippen LogP) is 3.72. The van der Waals surface area contributed by atoms with Crippen molar-refractivity contribution in [2.75, 3.05) is 0 Å². The molecule has 1 aromatic rings. The number of carbonyl (C=O) groups excluding carboxylic acids is 2. The quantitative estimate of drug-likeness (QED) is 0.801. The van der Waals surface area contributed by atoms with Crippen molar-refractivity contribution in [2.24, 2.45) is 17.3 Å². The lowest BCUT2D eigenvalue weighted by atomic mass is 9.55.